The molecule has 0 amide bonds. The highest BCUT2D eigenvalue weighted by Crippen LogP contribution is 2.20. The van der Waals surface area contributed by atoms with Crippen molar-refractivity contribution >= 4 is 15.5 Å². The molecule has 6 heteroatoms. The van der Waals surface area contributed by atoms with E-state index >= 15 is 0 Å². The molecule has 0 fully saturated rings. The molecule has 0 aliphatic rings. The van der Waals surface area contributed by atoms with Crippen molar-refractivity contribution < 1.29 is 8.42 Å². The van der Waals surface area contributed by atoms with Crippen LogP contribution in [0.1, 0.15) is 5.56 Å². The van der Waals surface area contributed by atoms with Gasteiger partial charge in [0.1, 0.15) is 0 Å². The maximum absolute atomic E-state index is 11.5. The Balaban J connectivity index is 1.71. The molecule has 0 unspecified atom stereocenters. The second kappa shape index (κ2) is 6.49. The van der Waals surface area contributed by atoms with Crippen LogP contribution in [-0.2, 0) is 23.4 Å². The van der Waals surface area contributed by atoms with Crippen LogP contribution in [0.25, 0.3) is 11.1 Å². The molecule has 24 heavy (non-hydrogen) atoms. The van der Waals surface area contributed by atoms with Crippen LogP contribution in [0.5, 0.6) is 0 Å². The molecule has 124 valence electrons. The van der Waals surface area contributed by atoms with Crippen LogP contribution in [0.15, 0.2) is 65.8 Å². The monoisotopic (exact) mass is 341 g/mol. The van der Waals surface area contributed by atoms with E-state index in [1.807, 2.05) is 25.5 Å². The molecule has 2 aromatic carbocycles. The Labute approximate surface area is 141 Å². The summed E-state index contributed by atoms with van der Waals surface area (Å²) in [6.45, 7) is 0.659. The molecule has 1 aromatic heterocycles. The third-order valence-corrected chi connectivity index (χ3v) is 4.87. The molecular formula is C18H19N3O2S. The van der Waals surface area contributed by atoms with Crippen molar-refractivity contribution in [3.8, 4) is 11.1 Å². The van der Waals surface area contributed by atoms with Gasteiger partial charge in [-0.3, -0.25) is 4.68 Å². The predicted octanol–water partition coefficient (Wildman–Crippen LogP) is 3.10. The minimum Gasteiger partial charge on any atom is -0.381 e. The molecule has 3 rings (SSSR count). The van der Waals surface area contributed by atoms with E-state index in [4.69, 9.17) is 0 Å². The van der Waals surface area contributed by atoms with Crippen molar-refractivity contribution in [1.82, 2.24) is 9.78 Å². The van der Waals surface area contributed by atoms with Crippen LogP contribution in [0, 0.1) is 0 Å². The van der Waals surface area contributed by atoms with E-state index in [1.54, 1.807) is 28.9 Å². The smallest absolute Gasteiger partial charge is 0.175 e. The van der Waals surface area contributed by atoms with E-state index in [-0.39, 0.29) is 0 Å². The lowest BCUT2D eigenvalue weighted by atomic mass is 10.1. The Morgan fingerprint density at radius 1 is 1.08 bits per heavy atom. The Morgan fingerprint density at radius 3 is 2.46 bits per heavy atom. The Hall–Kier alpha value is -2.60. The number of hydrogen-bond acceptors (Lipinski definition) is 4. The largest absolute Gasteiger partial charge is 0.381 e. The molecule has 0 bridgehead atoms. The van der Waals surface area contributed by atoms with Gasteiger partial charge in [-0.1, -0.05) is 18.2 Å². The minimum absolute atomic E-state index is 0.326. The normalized spacial score (nSPS) is 11.4. The summed E-state index contributed by atoms with van der Waals surface area (Å²) in [5.74, 6) is 0. The summed E-state index contributed by atoms with van der Waals surface area (Å²) in [5.41, 5.74) is 4.23. The highest BCUT2D eigenvalue weighted by Gasteiger charge is 2.06. The maximum Gasteiger partial charge on any atom is 0.175 e. The van der Waals surface area contributed by atoms with Gasteiger partial charge in [-0.2, -0.15) is 5.10 Å². The number of benzene rings is 2. The number of nitrogens with one attached hydrogen (secondary N) is 1. The van der Waals surface area contributed by atoms with E-state index in [0.717, 1.165) is 22.4 Å². The van der Waals surface area contributed by atoms with Gasteiger partial charge in [0.15, 0.2) is 9.84 Å². The van der Waals surface area contributed by atoms with Gasteiger partial charge in [0, 0.05) is 37.3 Å². The lowest BCUT2D eigenvalue weighted by Crippen LogP contribution is -2.01. The fraction of sp³-hybridized carbons (Fsp3) is 0.167. The molecule has 5 nitrogen and oxygen atoms in total. The summed E-state index contributed by atoms with van der Waals surface area (Å²) >= 11 is 0. The molecule has 0 saturated carbocycles. The van der Waals surface area contributed by atoms with Crippen LogP contribution in [-0.4, -0.2) is 24.5 Å². The summed E-state index contributed by atoms with van der Waals surface area (Å²) in [7, 11) is -1.26. The van der Waals surface area contributed by atoms with Crippen LogP contribution < -0.4 is 5.32 Å². The molecule has 1 heterocycles. The Bertz CT molecular complexity index is 944. The fourth-order valence-electron chi connectivity index (χ4n) is 2.46. The highest BCUT2D eigenvalue weighted by molar-refractivity contribution is 7.90. The molecule has 0 radical (unpaired) electrons. The third-order valence-electron chi connectivity index (χ3n) is 3.74. The van der Waals surface area contributed by atoms with Crippen molar-refractivity contribution in [2.24, 2.45) is 7.05 Å². The fourth-order valence-corrected chi connectivity index (χ4v) is 3.09. The Morgan fingerprint density at radius 2 is 1.83 bits per heavy atom. The van der Waals surface area contributed by atoms with Gasteiger partial charge in [-0.25, -0.2) is 8.42 Å². The van der Waals surface area contributed by atoms with Crippen molar-refractivity contribution in [3.63, 3.8) is 0 Å². The van der Waals surface area contributed by atoms with Gasteiger partial charge < -0.3 is 5.32 Å². The number of nitrogens with zero attached hydrogens (tertiary/aromatic N) is 2. The first-order valence-electron chi connectivity index (χ1n) is 7.54. The number of aromatic nitrogens is 2. The molecule has 0 saturated heterocycles. The summed E-state index contributed by atoms with van der Waals surface area (Å²) in [5, 5.41) is 7.50. The van der Waals surface area contributed by atoms with Crippen LogP contribution in [0.3, 0.4) is 0 Å². The molecule has 0 aliphatic heterocycles. The quantitative estimate of drug-likeness (QED) is 0.774. The summed E-state index contributed by atoms with van der Waals surface area (Å²) < 4.78 is 24.7. The van der Waals surface area contributed by atoms with Crippen molar-refractivity contribution in [2.45, 2.75) is 11.4 Å². The second-order valence-corrected chi connectivity index (χ2v) is 7.77. The first-order valence-corrected chi connectivity index (χ1v) is 9.43. The number of anilines is 1. The van der Waals surface area contributed by atoms with Gasteiger partial charge in [0.05, 0.1) is 11.1 Å². The van der Waals surface area contributed by atoms with E-state index in [0.29, 0.717) is 11.4 Å². The van der Waals surface area contributed by atoms with E-state index in [1.165, 1.54) is 6.26 Å². The first kappa shape index (κ1) is 16.3. The lowest BCUT2D eigenvalue weighted by molar-refractivity contribution is 0.602. The number of hydrogen-bond donors (Lipinski definition) is 1. The number of aryl methyl sites for hydroxylation is 1. The van der Waals surface area contributed by atoms with E-state index in [2.05, 4.69) is 28.6 Å². The van der Waals surface area contributed by atoms with Crippen molar-refractivity contribution in [2.75, 3.05) is 11.6 Å². The zero-order valence-electron chi connectivity index (χ0n) is 13.6. The SMILES string of the molecule is Cn1cc(-c2cccc(CNc3ccc(S(C)(=O)=O)cc3)c2)cn1. The van der Waals surface area contributed by atoms with Crippen molar-refractivity contribution in [3.05, 3.63) is 66.5 Å². The molecule has 0 atom stereocenters. The zero-order chi connectivity index (χ0) is 17.2. The van der Waals surface area contributed by atoms with Gasteiger partial charge in [0.2, 0.25) is 0 Å². The first-order chi connectivity index (χ1) is 11.4. The second-order valence-electron chi connectivity index (χ2n) is 5.75. The van der Waals surface area contributed by atoms with Crippen LogP contribution in [0.4, 0.5) is 5.69 Å². The van der Waals surface area contributed by atoms with E-state index in [9.17, 15) is 8.42 Å². The molecule has 3 aromatic rings. The molecule has 0 spiro atoms. The summed E-state index contributed by atoms with van der Waals surface area (Å²) in [6.07, 6.45) is 5.03. The van der Waals surface area contributed by atoms with E-state index < -0.39 is 9.84 Å². The van der Waals surface area contributed by atoms with Gasteiger partial charge in [-0.05, 0) is 41.5 Å². The number of sulfone groups is 1. The maximum atomic E-state index is 11.5. The minimum atomic E-state index is -3.16. The predicted molar refractivity (Wildman–Crippen MR) is 95.5 cm³/mol. The summed E-state index contributed by atoms with van der Waals surface area (Å²) in [6, 6.07) is 15.0. The van der Waals surface area contributed by atoms with Gasteiger partial charge >= 0.3 is 0 Å². The van der Waals surface area contributed by atoms with Crippen LogP contribution >= 0.6 is 0 Å². The molecule has 1 N–H and O–H groups in total. The topological polar surface area (TPSA) is 64.0 Å². The Kier molecular flexibility index (Phi) is 4.40. The molecule has 0 aliphatic carbocycles. The third kappa shape index (κ3) is 3.83. The standard InChI is InChI=1S/C18H19N3O2S/c1-21-13-16(12-20-21)15-5-3-4-14(10-15)11-19-17-6-8-18(9-7-17)24(2,22)23/h3-10,12-13,19H,11H2,1-2H3. The molecular weight excluding hydrogens is 322 g/mol. The average molecular weight is 341 g/mol. The summed E-state index contributed by atoms with van der Waals surface area (Å²) in [4.78, 5) is 0.326. The van der Waals surface area contributed by atoms with Crippen LogP contribution in [0.2, 0.25) is 0 Å². The number of rotatable bonds is 5. The lowest BCUT2D eigenvalue weighted by Gasteiger charge is -2.08. The average Bonchev–Trinajstić information content (AvgIpc) is 2.99. The van der Waals surface area contributed by atoms with Gasteiger partial charge in [0.25, 0.3) is 0 Å². The highest BCUT2D eigenvalue weighted by atomic mass is 32.2. The van der Waals surface area contributed by atoms with Gasteiger partial charge in [-0.15, -0.1) is 0 Å². The van der Waals surface area contributed by atoms with Crippen molar-refractivity contribution in [1.29, 1.82) is 0 Å². The zero-order valence-corrected chi connectivity index (χ0v) is 14.4.